The highest BCUT2D eigenvalue weighted by molar-refractivity contribution is 5.40. The topological polar surface area (TPSA) is 17.3 Å². The van der Waals surface area contributed by atoms with E-state index in [1.54, 1.807) is 0 Å². The lowest BCUT2D eigenvalue weighted by molar-refractivity contribution is 1.08. The van der Waals surface area contributed by atoms with Gasteiger partial charge >= 0.3 is 0 Å². The molecule has 2 aromatic heterocycles. The summed E-state index contributed by atoms with van der Waals surface area (Å²) in [7, 11) is 0. The van der Waals surface area contributed by atoms with Crippen molar-refractivity contribution in [3.05, 3.63) is 35.8 Å². The molecule has 2 rings (SSSR count). The number of aryl methyl sites for hydroxylation is 2. The molecule has 0 unspecified atom stereocenters. The molecule has 55 valence electrons. The number of pyridine rings is 1. The van der Waals surface area contributed by atoms with E-state index in [4.69, 9.17) is 0 Å². The minimum absolute atomic E-state index is 0.944. The second-order valence-corrected chi connectivity index (χ2v) is 2.67. The highest BCUT2D eigenvalue weighted by Gasteiger charge is 1.97. The van der Waals surface area contributed by atoms with Gasteiger partial charge in [-0.25, -0.2) is 4.98 Å². The molecular weight excluding hydrogens is 136 g/mol. The minimum Gasteiger partial charge on any atom is -0.295 e. The summed E-state index contributed by atoms with van der Waals surface area (Å²) in [6.45, 7) is 4.00. The Morgan fingerprint density at radius 1 is 1.36 bits per heavy atom. The molecular formula is C9H9N2. The van der Waals surface area contributed by atoms with Gasteiger partial charge in [0.2, 0.25) is 0 Å². The maximum Gasteiger partial charge on any atom is 0.137 e. The zero-order chi connectivity index (χ0) is 7.84. The van der Waals surface area contributed by atoms with Crippen molar-refractivity contribution in [2.75, 3.05) is 0 Å². The Labute approximate surface area is 65.5 Å². The van der Waals surface area contributed by atoms with Gasteiger partial charge in [0.1, 0.15) is 5.65 Å². The number of fused-ring (bicyclic) bond motifs is 1. The predicted molar refractivity (Wildman–Crippen MR) is 43.5 cm³/mol. The Hall–Kier alpha value is -1.31. The number of nitrogens with zero attached hydrogens (tertiary/aromatic N) is 2. The van der Waals surface area contributed by atoms with Gasteiger partial charge in [0.25, 0.3) is 0 Å². The summed E-state index contributed by atoms with van der Waals surface area (Å²) in [5.41, 5.74) is 3.09. The fourth-order valence-corrected chi connectivity index (χ4v) is 1.19. The first-order valence-corrected chi connectivity index (χ1v) is 3.61. The first-order valence-electron chi connectivity index (χ1n) is 3.61. The van der Waals surface area contributed by atoms with Crippen LogP contribution in [-0.2, 0) is 0 Å². The van der Waals surface area contributed by atoms with E-state index in [0.29, 0.717) is 0 Å². The molecule has 0 aliphatic heterocycles. The number of imidazole rings is 1. The standard InChI is InChI=1S/C9H9N2/c1-7-6-11-8(2)4-3-5-9(11)10-7/h3-5H,1-2H3. The summed E-state index contributed by atoms with van der Waals surface area (Å²) in [6.07, 6.45) is 3.13. The molecule has 0 N–H and O–H groups in total. The Bertz CT molecular complexity index is 387. The summed E-state index contributed by atoms with van der Waals surface area (Å²) in [5, 5.41) is 0. The van der Waals surface area contributed by atoms with Crippen molar-refractivity contribution in [1.82, 2.24) is 9.38 Å². The van der Waals surface area contributed by atoms with Crippen molar-refractivity contribution in [2.24, 2.45) is 0 Å². The van der Waals surface area contributed by atoms with Crippen molar-refractivity contribution >= 4 is 5.65 Å². The van der Waals surface area contributed by atoms with Gasteiger partial charge < -0.3 is 0 Å². The van der Waals surface area contributed by atoms with Crippen LogP contribution < -0.4 is 0 Å². The molecule has 0 amide bonds. The monoisotopic (exact) mass is 145 g/mol. The van der Waals surface area contributed by atoms with Gasteiger partial charge in [0, 0.05) is 5.69 Å². The minimum atomic E-state index is 0.944. The predicted octanol–water partition coefficient (Wildman–Crippen LogP) is 1.75. The van der Waals surface area contributed by atoms with E-state index in [-0.39, 0.29) is 0 Å². The van der Waals surface area contributed by atoms with Crippen LogP contribution in [0.25, 0.3) is 5.65 Å². The third-order valence-electron chi connectivity index (χ3n) is 1.72. The Balaban J connectivity index is 2.90. The molecule has 0 aliphatic rings. The lowest BCUT2D eigenvalue weighted by atomic mass is 10.4. The van der Waals surface area contributed by atoms with E-state index in [1.807, 2.05) is 36.4 Å². The fraction of sp³-hybridized carbons (Fsp3) is 0.222. The van der Waals surface area contributed by atoms with Crippen molar-refractivity contribution in [3.8, 4) is 0 Å². The van der Waals surface area contributed by atoms with Crippen molar-refractivity contribution < 1.29 is 0 Å². The highest BCUT2D eigenvalue weighted by atomic mass is 15.0. The van der Waals surface area contributed by atoms with E-state index in [2.05, 4.69) is 11.2 Å². The molecule has 2 heteroatoms. The van der Waals surface area contributed by atoms with Gasteiger partial charge in [0.15, 0.2) is 0 Å². The van der Waals surface area contributed by atoms with Crippen LogP contribution in [0.3, 0.4) is 0 Å². The first kappa shape index (κ1) is 6.40. The van der Waals surface area contributed by atoms with Crippen LogP contribution in [0.15, 0.2) is 18.2 Å². The molecule has 0 aromatic carbocycles. The third kappa shape index (κ3) is 0.909. The SMILES string of the molecule is Cc1[c]n2c(C)cccc2n1. The van der Waals surface area contributed by atoms with E-state index >= 15 is 0 Å². The molecule has 0 aliphatic carbocycles. The van der Waals surface area contributed by atoms with E-state index < -0.39 is 0 Å². The smallest absolute Gasteiger partial charge is 0.137 e. The summed E-state index contributed by atoms with van der Waals surface area (Å²) < 4.78 is 1.97. The largest absolute Gasteiger partial charge is 0.295 e. The number of hydrogen-bond acceptors (Lipinski definition) is 1. The van der Waals surface area contributed by atoms with Gasteiger partial charge in [0.05, 0.1) is 11.9 Å². The quantitative estimate of drug-likeness (QED) is 0.552. The maximum atomic E-state index is 4.28. The normalized spacial score (nSPS) is 10.7. The van der Waals surface area contributed by atoms with E-state index in [0.717, 1.165) is 11.3 Å². The third-order valence-corrected chi connectivity index (χ3v) is 1.72. The summed E-state index contributed by atoms with van der Waals surface area (Å²) in [4.78, 5) is 4.28. The number of hydrogen-bond donors (Lipinski definition) is 0. The van der Waals surface area contributed by atoms with Gasteiger partial charge in [-0.1, -0.05) is 6.07 Å². The summed E-state index contributed by atoms with van der Waals surface area (Å²) in [6, 6.07) is 6.03. The van der Waals surface area contributed by atoms with Gasteiger partial charge in [-0.3, -0.25) is 4.40 Å². The molecule has 0 bridgehead atoms. The lowest BCUT2D eigenvalue weighted by Gasteiger charge is -1.95. The van der Waals surface area contributed by atoms with Crippen molar-refractivity contribution in [2.45, 2.75) is 13.8 Å². The second-order valence-electron chi connectivity index (χ2n) is 2.67. The average Bonchev–Trinajstić information content (AvgIpc) is 2.31. The van der Waals surface area contributed by atoms with Crippen LogP contribution in [-0.4, -0.2) is 9.38 Å². The zero-order valence-electron chi connectivity index (χ0n) is 6.63. The zero-order valence-corrected chi connectivity index (χ0v) is 6.63. The number of aromatic nitrogens is 2. The molecule has 0 spiro atoms. The molecule has 0 fully saturated rings. The van der Waals surface area contributed by atoms with Gasteiger partial charge in [-0.2, -0.15) is 0 Å². The lowest BCUT2D eigenvalue weighted by Crippen LogP contribution is -1.87. The Morgan fingerprint density at radius 3 is 2.91 bits per heavy atom. The molecule has 11 heavy (non-hydrogen) atoms. The van der Waals surface area contributed by atoms with Gasteiger partial charge in [-0.15, -0.1) is 0 Å². The molecule has 2 aromatic rings. The molecule has 0 atom stereocenters. The molecule has 1 radical (unpaired) electrons. The van der Waals surface area contributed by atoms with Crippen LogP contribution >= 0.6 is 0 Å². The van der Waals surface area contributed by atoms with Crippen molar-refractivity contribution in [3.63, 3.8) is 0 Å². The highest BCUT2D eigenvalue weighted by Crippen LogP contribution is 2.05. The Kier molecular flexibility index (Phi) is 1.22. The maximum absolute atomic E-state index is 4.28. The number of rotatable bonds is 0. The van der Waals surface area contributed by atoms with Crippen LogP contribution in [0, 0.1) is 20.0 Å². The summed E-state index contributed by atoms with van der Waals surface area (Å²) in [5.74, 6) is 0. The summed E-state index contributed by atoms with van der Waals surface area (Å²) >= 11 is 0. The molecule has 2 nitrogen and oxygen atoms in total. The first-order chi connectivity index (χ1) is 5.27. The van der Waals surface area contributed by atoms with Gasteiger partial charge in [-0.05, 0) is 26.0 Å². The van der Waals surface area contributed by atoms with Crippen LogP contribution in [0.2, 0.25) is 0 Å². The van der Waals surface area contributed by atoms with Crippen LogP contribution in [0.4, 0.5) is 0 Å². The van der Waals surface area contributed by atoms with Crippen LogP contribution in [0.1, 0.15) is 11.4 Å². The fourth-order valence-electron chi connectivity index (χ4n) is 1.19. The molecule has 2 heterocycles. The Morgan fingerprint density at radius 2 is 2.18 bits per heavy atom. The molecule has 0 saturated carbocycles. The second kappa shape index (κ2) is 2.09. The van der Waals surface area contributed by atoms with Crippen molar-refractivity contribution in [1.29, 1.82) is 0 Å². The molecule has 0 saturated heterocycles. The van der Waals surface area contributed by atoms with E-state index in [1.165, 1.54) is 5.69 Å². The average molecular weight is 145 g/mol. The van der Waals surface area contributed by atoms with E-state index in [9.17, 15) is 0 Å². The van der Waals surface area contributed by atoms with Crippen LogP contribution in [0.5, 0.6) is 0 Å².